The Kier molecular flexibility index (Phi) is 11.6. The Balaban J connectivity index is 0.000000344. The van der Waals surface area contributed by atoms with E-state index in [1.165, 1.54) is 12.1 Å². The highest BCUT2D eigenvalue weighted by atomic mass is 35.5. The molecule has 0 aliphatic heterocycles. The Hall–Kier alpha value is -2.90. The molecular formula is C31H36Cl2O6. The van der Waals surface area contributed by atoms with Crippen molar-refractivity contribution < 1.29 is 29.3 Å². The van der Waals surface area contributed by atoms with Gasteiger partial charge in [0.1, 0.15) is 11.2 Å². The Morgan fingerprint density at radius 1 is 0.692 bits per heavy atom. The van der Waals surface area contributed by atoms with Crippen LogP contribution in [0.4, 0.5) is 0 Å². The van der Waals surface area contributed by atoms with E-state index < -0.39 is 35.3 Å². The summed E-state index contributed by atoms with van der Waals surface area (Å²) in [5, 5.41) is 20.0. The SMILES string of the molecule is CC(C)(OC(=O)c1cccc(Cl)c1)C(C)(C)OC(=O)c1cccc(Cl)c1.CC(O)C(C)C(O)c1ccccc1. The van der Waals surface area contributed by atoms with Crippen molar-refractivity contribution in [1.29, 1.82) is 0 Å². The number of carbonyl (C=O) groups is 2. The maximum Gasteiger partial charge on any atom is 0.338 e. The zero-order valence-corrected chi connectivity index (χ0v) is 24.5. The molecule has 0 amide bonds. The van der Waals surface area contributed by atoms with E-state index in [1.807, 2.05) is 37.3 Å². The predicted molar refractivity (Wildman–Crippen MR) is 154 cm³/mol. The smallest absolute Gasteiger partial charge is 0.338 e. The van der Waals surface area contributed by atoms with Gasteiger partial charge in [-0.3, -0.25) is 0 Å². The van der Waals surface area contributed by atoms with E-state index in [4.69, 9.17) is 32.7 Å². The maximum absolute atomic E-state index is 12.4. The summed E-state index contributed by atoms with van der Waals surface area (Å²) in [4.78, 5) is 24.8. The number of rotatable bonds is 8. The van der Waals surface area contributed by atoms with Crippen molar-refractivity contribution in [2.75, 3.05) is 0 Å². The Labute approximate surface area is 240 Å². The fourth-order valence-corrected chi connectivity index (χ4v) is 3.66. The van der Waals surface area contributed by atoms with Crippen LogP contribution in [0.25, 0.3) is 0 Å². The van der Waals surface area contributed by atoms with Gasteiger partial charge in [-0.05, 0) is 76.6 Å². The van der Waals surface area contributed by atoms with E-state index in [0.29, 0.717) is 21.2 Å². The molecule has 0 radical (unpaired) electrons. The molecule has 3 unspecified atom stereocenters. The second-order valence-corrected chi connectivity index (χ2v) is 11.1. The average molecular weight is 576 g/mol. The van der Waals surface area contributed by atoms with Crippen LogP contribution in [0.15, 0.2) is 78.9 Å². The van der Waals surface area contributed by atoms with E-state index in [1.54, 1.807) is 71.0 Å². The van der Waals surface area contributed by atoms with E-state index in [2.05, 4.69) is 0 Å². The lowest BCUT2D eigenvalue weighted by molar-refractivity contribution is -0.124. The molecule has 0 aliphatic carbocycles. The van der Waals surface area contributed by atoms with Gasteiger partial charge in [0.25, 0.3) is 0 Å². The molecule has 2 N–H and O–H groups in total. The minimum atomic E-state index is -1.10. The first-order valence-corrected chi connectivity index (χ1v) is 13.3. The third kappa shape index (κ3) is 9.36. The van der Waals surface area contributed by atoms with Crippen molar-refractivity contribution in [3.8, 4) is 0 Å². The van der Waals surface area contributed by atoms with Gasteiger partial charge < -0.3 is 19.7 Å². The summed E-state index contributed by atoms with van der Waals surface area (Å²) in [5.74, 6) is -1.24. The van der Waals surface area contributed by atoms with Crippen molar-refractivity contribution in [2.45, 2.75) is 65.0 Å². The zero-order valence-electron chi connectivity index (χ0n) is 23.0. The summed E-state index contributed by atoms with van der Waals surface area (Å²) in [5.41, 5.74) is -0.692. The third-order valence-corrected chi connectivity index (χ3v) is 7.14. The van der Waals surface area contributed by atoms with Gasteiger partial charge in [0.15, 0.2) is 0 Å². The minimum absolute atomic E-state index is 0.137. The Morgan fingerprint density at radius 2 is 1.10 bits per heavy atom. The quantitative estimate of drug-likeness (QED) is 0.274. The van der Waals surface area contributed by atoms with E-state index in [0.717, 1.165) is 5.56 Å². The summed E-state index contributed by atoms with van der Waals surface area (Å²) in [6.07, 6.45) is -1.07. The van der Waals surface area contributed by atoms with Crippen molar-refractivity contribution in [2.24, 2.45) is 5.92 Å². The number of aliphatic hydroxyl groups is 2. The van der Waals surface area contributed by atoms with Crippen molar-refractivity contribution >= 4 is 35.1 Å². The lowest BCUT2D eigenvalue weighted by Gasteiger charge is -2.39. The molecule has 0 saturated heterocycles. The molecule has 0 spiro atoms. The number of ether oxygens (including phenoxy) is 2. The summed E-state index contributed by atoms with van der Waals surface area (Å²) >= 11 is 11.8. The first-order chi connectivity index (χ1) is 18.1. The van der Waals surface area contributed by atoms with Crippen LogP contribution in [0, 0.1) is 5.92 Å². The first-order valence-electron chi connectivity index (χ1n) is 12.5. The maximum atomic E-state index is 12.4. The molecule has 0 fully saturated rings. The molecule has 3 rings (SSSR count). The molecule has 8 heteroatoms. The van der Waals surface area contributed by atoms with Gasteiger partial charge in [0.05, 0.1) is 23.3 Å². The van der Waals surface area contributed by atoms with E-state index in [9.17, 15) is 19.8 Å². The Morgan fingerprint density at radius 3 is 1.46 bits per heavy atom. The number of hydrogen-bond acceptors (Lipinski definition) is 6. The molecule has 0 bridgehead atoms. The van der Waals surface area contributed by atoms with Gasteiger partial charge in [-0.1, -0.05) is 72.6 Å². The van der Waals surface area contributed by atoms with Crippen LogP contribution in [0.3, 0.4) is 0 Å². The van der Waals surface area contributed by atoms with Crippen LogP contribution in [-0.4, -0.2) is 39.5 Å². The molecule has 39 heavy (non-hydrogen) atoms. The topological polar surface area (TPSA) is 93.1 Å². The summed E-state index contributed by atoms with van der Waals surface area (Å²) in [6.45, 7) is 10.3. The number of benzene rings is 3. The number of aliphatic hydroxyl groups excluding tert-OH is 2. The number of hydrogen-bond donors (Lipinski definition) is 2. The molecule has 3 aromatic rings. The highest BCUT2D eigenvalue weighted by Crippen LogP contribution is 2.31. The molecule has 0 heterocycles. The van der Waals surface area contributed by atoms with E-state index >= 15 is 0 Å². The van der Waals surface area contributed by atoms with Crippen LogP contribution >= 0.6 is 23.2 Å². The van der Waals surface area contributed by atoms with Crippen LogP contribution in [0.1, 0.15) is 73.9 Å². The van der Waals surface area contributed by atoms with Gasteiger partial charge in [0.2, 0.25) is 0 Å². The third-order valence-electron chi connectivity index (χ3n) is 6.67. The van der Waals surface area contributed by atoms with Crippen molar-refractivity contribution in [3.05, 3.63) is 106 Å². The molecule has 6 nitrogen and oxygen atoms in total. The largest absolute Gasteiger partial charge is 0.452 e. The monoisotopic (exact) mass is 574 g/mol. The number of halogens is 2. The Bertz CT molecular complexity index is 1170. The first kappa shape index (κ1) is 32.3. The average Bonchev–Trinajstić information content (AvgIpc) is 2.88. The van der Waals surface area contributed by atoms with Crippen LogP contribution in [-0.2, 0) is 9.47 Å². The highest BCUT2D eigenvalue weighted by molar-refractivity contribution is 6.31. The molecule has 0 aromatic heterocycles. The van der Waals surface area contributed by atoms with Gasteiger partial charge in [-0.15, -0.1) is 0 Å². The minimum Gasteiger partial charge on any atom is -0.452 e. The van der Waals surface area contributed by atoms with Crippen LogP contribution in [0.2, 0.25) is 10.0 Å². The van der Waals surface area contributed by atoms with Gasteiger partial charge in [-0.2, -0.15) is 0 Å². The normalized spacial score (nSPS) is 13.8. The molecule has 3 atom stereocenters. The fourth-order valence-electron chi connectivity index (χ4n) is 3.28. The lowest BCUT2D eigenvalue weighted by Crippen LogP contribution is -2.51. The van der Waals surface area contributed by atoms with Gasteiger partial charge >= 0.3 is 11.9 Å². The fraction of sp³-hybridized carbons (Fsp3) is 0.355. The summed E-state index contributed by atoms with van der Waals surface area (Å²) < 4.78 is 11.2. The molecule has 0 saturated carbocycles. The summed E-state index contributed by atoms with van der Waals surface area (Å²) in [6, 6.07) is 22.3. The second kappa shape index (κ2) is 13.9. The van der Waals surface area contributed by atoms with Gasteiger partial charge in [0, 0.05) is 16.0 Å². The van der Waals surface area contributed by atoms with Crippen molar-refractivity contribution in [3.63, 3.8) is 0 Å². The second-order valence-electron chi connectivity index (χ2n) is 10.3. The molecule has 3 aromatic carbocycles. The molecule has 0 aliphatic rings. The lowest BCUT2D eigenvalue weighted by atomic mass is 9.88. The van der Waals surface area contributed by atoms with Gasteiger partial charge in [-0.25, -0.2) is 9.59 Å². The van der Waals surface area contributed by atoms with Crippen LogP contribution in [0.5, 0.6) is 0 Å². The molecule has 210 valence electrons. The predicted octanol–water partition coefficient (Wildman–Crippen LogP) is 7.30. The highest BCUT2D eigenvalue weighted by Gasteiger charge is 2.44. The standard InChI is InChI=1S/C20H20Cl2O4.C11H16O2/c1-19(2,25-17(23)13-7-5-9-15(21)11-13)20(3,4)26-18(24)14-8-6-10-16(22)12-14;1-8(9(2)12)11(13)10-6-4-3-5-7-10/h5-12H,1-4H3;3-9,11-13H,1-2H3. The van der Waals surface area contributed by atoms with Crippen LogP contribution < -0.4 is 0 Å². The van der Waals surface area contributed by atoms with Crippen molar-refractivity contribution in [1.82, 2.24) is 0 Å². The number of carbonyl (C=O) groups excluding carboxylic acids is 2. The molecular weight excluding hydrogens is 539 g/mol. The number of esters is 2. The summed E-state index contributed by atoms with van der Waals surface area (Å²) in [7, 11) is 0. The zero-order chi connectivity index (χ0) is 29.4. The van der Waals surface area contributed by atoms with E-state index in [-0.39, 0.29) is 5.92 Å².